The third-order valence-corrected chi connectivity index (χ3v) is 3.87. The second-order valence-corrected chi connectivity index (χ2v) is 4.52. The lowest BCUT2D eigenvalue weighted by atomic mass is 10.5. The van der Waals surface area contributed by atoms with E-state index in [0.29, 0.717) is 20.2 Å². The first-order chi connectivity index (χ1) is 6.77. The van der Waals surface area contributed by atoms with Crippen LogP contribution in [-0.2, 0) is 0 Å². The zero-order chi connectivity index (χ0) is 9.97. The van der Waals surface area contributed by atoms with E-state index in [4.69, 9.17) is 23.2 Å². The van der Waals surface area contributed by atoms with Crippen molar-refractivity contribution in [3.63, 3.8) is 0 Å². The molecule has 0 bridgehead atoms. The van der Waals surface area contributed by atoms with Gasteiger partial charge in [-0.15, -0.1) is 0 Å². The molecular formula is C7H3Cl2N3S2. The molecule has 72 valence electrons. The maximum Gasteiger partial charge on any atom is 0.177 e. The molecule has 0 radical (unpaired) electrons. The minimum Gasteiger partial charge on any atom is -0.248 e. The summed E-state index contributed by atoms with van der Waals surface area (Å²) in [4.78, 5) is 4.10. The van der Waals surface area contributed by atoms with Crippen molar-refractivity contribution in [3.8, 4) is 0 Å². The van der Waals surface area contributed by atoms with Gasteiger partial charge in [-0.25, -0.2) is 4.98 Å². The van der Waals surface area contributed by atoms with Gasteiger partial charge < -0.3 is 0 Å². The first-order valence-corrected chi connectivity index (χ1v) is 5.84. The van der Waals surface area contributed by atoms with Crippen LogP contribution in [-0.4, -0.2) is 13.7 Å². The summed E-state index contributed by atoms with van der Waals surface area (Å²) >= 11 is 14.1. The highest BCUT2D eigenvalue weighted by atomic mass is 35.5. The summed E-state index contributed by atoms with van der Waals surface area (Å²) in [5.74, 6) is 0. The van der Waals surface area contributed by atoms with Crippen molar-refractivity contribution in [1.82, 2.24) is 13.7 Å². The van der Waals surface area contributed by atoms with Crippen molar-refractivity contribution in [2.45, 2.75) is 10.1 Å². The van der Waals surface area contributed by atoms with E-state index in [1.165, 1.54) is 11.8 Å². The van der Waals surface area contributed by atoms with Crippen molar-refractivity contribution in [2.24, 2.45) is 0 Å². The van der Waals surface area contributed by atoms with Gasteiger partial charge in [0.1, 0.15) is 5.03 Å². The van der Waals surface area contributed by atoms with Crippen molar-refractivity contribution < 1.29 is 0 Å². The predicted octanol–water partition coefficient (Wildman–Crippen LogP) is 3.39. The van der Waals surface area contributed by atoms with E-state index in [1.54, 1.807) is 18.3 Å². The molecule has 0 aromatic carbocycles. The van der Waals surface area contributed by atoms with E-state index < -0.39 is 0 Å². The van der Waals surface area contributed by atoms with Crippen LogP contribution in [0.2, 0.25) is 10.2 Å². The van der Waals surface area contributed by atoms with Gasteiger partial charge in [-0.2, -0.15) is 8.75 Å². The lowest BCUT2D eigenvalue weighted by Crippen LogP contribution is -1.80. The monoisotopic (exact) mass is 263 g/mol. The van der Waals surface area contributed by atoms with Gasteiger partial charge in [0.05, 0.1) is 16.8 Å². The van der Waals surface area contributed by atoms with Crippen LogP contribution in [0, 0.1) is 0 Å². The average Bonchev–Trinajstić information content (AvgIpc) is 2.56. The molecule has 0 unspecified atom stereocenters. The van der Waals surface area contributed by atoms with Crippen molar-refractivity contribution in [2.75, 3.05) is 0 Å². The molecule has 3 nitrogen and oxygen atoms in total. The molecule has 0 saturated heterocycles. The van der Waals surface area contributed by atoms with E-state index >= 15 is 0 Å². The smallest absolute Gasteiger partial charge is 0.177 e. The van der Waals surface area contributed by atoms with E-state index in [1.807, 2.05) is 0 Å². The number of rotatable bonds is 2. The van der Waals surface area contributed by atoms with Crippen molar-refractivity contribution in [3.05, 3.63) is 28.5 Å². The van der Waals surface area contributed by atoms with Crippen LogP contribution in [0.25, 0.3) is 0 Å². The Hall–Kier alpha value is -0.360. The molecule has 0 N–H and O–H groups in total. The normalized spacial score (nSPS) is 10.4. The van der Waals surface area contributed by atoms with Crippen LogP contribution < -0.4 is 0 Å². The number of nitrogens with zero attached hydrogens (tertiary/aromatic N) is 3. The molecule has 7 heteroatoms. The van der Waals surface area contributed by atoms with Crippen LogP contribution in [0.5, 0.6) is 0 Å². The fourth-order valence-electron chi connectivity index (χ4n) is 0.769. The highest BCUT2D eigenvalue weighted by molar-refractivity contribution is 7.99. The van der Waals surface area contributed by atoms with Gasteiger partial charge in [-0.05, 0) is 23.9 Å². The number of hydrogen-bond acceptors (Lipinski definition) is 5. The molecule has 0 saturated carbocycles. The summed E-state index contributed by atoms with van der Waals surface area (Å²) in [7, 11) is 0. The maximum atomic E-state index is 5.92. The van der Waals surface area contributed by atoms with Crippen LogP contribution in [0.1, 0.15) is 0 Å². The average molecular weight is 264 g/mol. The van der Waals surface area contributed by atoms with E-state index in [-0.39, 0.29) is 0 Å². The van der Waals surface area contributed by atoms with Crippen LogP contribution in [0.15, 0.2) is 28.4 Å². The molecule has 0 amide bonds. The third kappa shape index (κ3) is 2.17. The largest absolute Gasteiger partial charge is 0.248 e. The summed E-state index contributed by atoms with van der Waals surface area (Å²) in [6.07, 6.45) is 1.67. The number of hydrogen-bond donors (Lipinski definition) is 0. The highest BCUT2D eigenvalue weighted by Crippen LogP contribution is 2.33. The maximum absolute atomic E-state index is 5.92. The molecule has 0 aliphatic rings. The fraction of sp³-hybridized carbons (Fsp3) is 0. The van der Waals surface area contributed by atoms with E-state index in [2.05, 4.69) is 13.7 Å². The molecule has 2 aromatic rings. The molecule has 0 aliphatic carbocycles. The lowest BCUT2D eigenvalue weighted by molar-refractivity contribution is 1.12. The molecule has 14 heavy (non-hydrogen) atoms. The van der Waals surface area contributed by atoms with Gasteiger partial charge >= 0.3 is 0 Å². The molecule has 2 heterocycles. The molecule has 0 fully saturated rings. The molecule has 0 aliphatic heterocycles. The summed E-state index contributed by atoms with van der Waals surface area (Å²) in [6, 6.07) is 3.54. The van der Waals surface area contributed by atoms with Crippen LogP contribution in [0.3, 0.4) is 0 Å². The Morgan fingerprint density at radius 1 is 1.21 bits per heavy atom. The number of halogens is 2. The van der Waals surface area contributed by atoms with Gasteiger partial charge in [-0.3, -0.25) is 0 Å². The Kier molecular flexibility index (Phi) is 3.22. The summed E-state index contributed by atoms with van der Waals surface area (Å²) in [6.45, 7) is 0. The molecule has 0 atom stereocenters. The number of pyridine rings is 1. The van der Waals surface area contributed by atoms with Gasteiger partial charge in [0.15, 0.2) is 10.2 Å². The zero-order valence-electron chi connectivity index (χ0n) is 6.65. The first-order valence-electron chi connectivity index (χ1n) is 3.54. The quantitative estimate of drug-likeness (QED) is 0.833. The Bertz CT molecular complexity index is 446. The summed E-state index contributed by atoms with van der Waals surface area (Å²) in [5.41, 5.74) is 0. The summed E-state index contributed by atoms with van der Waals surface area (Å²) in [5, 5.41) is 2.30. The lowest BCUT2D eigenvalue weighted by Gasteiger charge is -1.98. The second-order valence-electron chi connectivity index (χ2n) is 2.25. The molecule has 2 aromatic heterocycles. The topological polar surface area (TPSA) is 38.7 Å². The molecule has 0 spiro atoms. The Morgan fingerprint density at radius 2 is 2.07 bits per heavy atom. The van der Waals surface area contributed by atoms with Crippen molar-refractivity contribution in [1.29, 1.82) is 0 Å². The summed E-state index contributed by atoms with van der Waals surface area (Å²) < 4.78 is 7.86. The standard InChI is InChI=1S/C7H3Cl2N3S2/c8-4-2-1-3-10-6(4)13-7-5(9)11-14-12-7/h1-3H. The van der Waals surface area contributed by atoms with Crippen LogP contribution in [0.4, 0.5) is 0 Å². The van der Waals surface area contributed by atoms with Crippen LogP contribution >= 0.6 is 46.7 Å². The first kappa shape index (κ1) is 10.2. The number of aromatic nitrogens is 3. The minimum absolute atomic E-state index is 0.390. The Labute approximate surface area is 98.8 Å². The third-order valence-electron chi connectivity index (χ3n) is 1.34. The second kappa shape index (κ2) is 4.44. The minimum atomic E-state index is 0.390. The van der Waals surface area contributed by atoms with Gasteiger partial charge in [0.25, 0.3) is 0 Å². The van der Waals surface area contributed by atoms with Gasteiger partial charge in [0.2, 0.25) is 0 Å². The van der Waals surface area contributed by atoms with E-state index in [9.17, 15) is 0 Å². The molecule has 2 rings (SSSR count). The van der Waals surface area contributed by atoms with Crippen molar-refractivity contribution >= 4 is 46.7 Å². The van der Waals surface area contributed by atoms with Gasteiger partial charge in [0, 0.05) is 6.20 Å². The predicted molar refractivity (Wildman–Crippen MR) is 58.3 cm³/mol. The molecular weight excluding hydrogens is 261 g/mol. The van der Waals surface area contributed by atoms with Gasteiger partial charge in [-0.1, -0.05) is 23.2 Å². The highest BCUT2D eigenvalue weighted by Gasteiger charge is 2.10. The fourth-order valence-corrected chi connectivity index (χ4v) is 2.57. The van der Waals surface area contributed by atoms with E-state index in [0.717, 1.165) is 11.7 Å². The SMILES string of the molecule is Clc1cccnc1Sc1nsnc1Cl. The Balaban J connectivity index is 2.28. The zero-order valence-corrected chi connectivity index (χ0v) is 9.79. The Morgan fingerprint density at radius 3 is 2.71 bits per heavy atom.